The van der Waals surface area contributed by atoms with E-state index in [4.69, 9.17) is 0 Å². The lowest BCUT2D eigenvalue weighted by Crippen LogP contribution is -1.92. The Hall–Kier alpha value is -5.67. The van der Waals surface area contributed by atoms with Gasteiger partial charge in [-0.1, -0.05) is 97.1 Å². The molecule has 0 nitrogen and oxygen atoms in total. The second-order valence-corrected chi connectivity index (χ2v) is 16.8. The fourth-order valence-electron chi connectivity index (χ4n) is 8.73. The van der Waals surface area contributed by atoms with Crippen LogP contribution >= 0.6 is 23.1 Å². The molecule has 0 spiro atoms. The van der Waals surface area contributed by atoms with Crippen molar-refractivity contribution in [3.8, 4) is 10.4 Å². The van der Waals surface area contributed by atoms with E-state index >= 15 is 0 Å². The monoisotopic (exact) mass is 694 g/mol. The maximum Gasteiger partial charge on any atom is 0.0385 e. The van der Waals surface area contributed by atoms with E-state index in [-0.39, 0.29) is 0 Å². The number of thiophene rings is 1. The highest BCUT2D eigenvalue weighted by Crippen LogP contribution is 2.49. The van der Waals surface area contributed by atoms with Gasteiger partial charge in [0.25, 0.3) is 0 Å². The van der Waals surface area contributed by atoms with Crippen LogP contribution in [0, 0.1) is 0 Å². The molecular weight excluding hydrogens is 665 g/mol. The van der Waals surface area contributed by atoms with Gasteiger partial charge in [0.15, 0.2) is 0 Å². The molecule has 0 N–H and O–H groups in total. The quantitative estimate of drug-likeness (QED) is 0.128. The summed E-state index contributed by atoms with van der Waals surface area (Å²) in [5.74, 6) is 0. The van der Waals surface area contributed by atoms with E-state index in [0.717, 1.165) is 6.42 Å². The molecular formula is C50H30S2. The third kappa shape index (κ3) is 4.48. The number of fused-ring (bicyclic) bond motifs is 11. The molecule has 2 heterocycles. The summed E-state index contributed by atoms with van der Waals surface area (Å²) in [6.45, 7) is 0. The first-order valence-electron chi connectivity index (χ1n) is 18.0. The highest BCUT2D eigenvalue weighted by Gasteiger charge is 2.25. The molecule has 0 saturated heterocycles. The van der Waals surface area contributed by atoms with E-state index < -0.39 is 0 Å². The Bertz CT molecular complexity index is 3310. The van der Waals surface area contributed by atoms with E-state index in [0.29, 0.717) is 5.25 Å². The van der Waals surface area contributed by atoms with Gasteiger partial charge in [-0.3, -0.25) is 0 Å². The third-order valence-electron chi connectivity index (χ3n) is 11.4. The van der Waals surface area contributed by atoms with Crippen molar-refractivity contribution in [3.05, 3.63) is 175 Å². The molecule has 1 atom stereocenters. The number of hydrogen-bond donors (Lipinski definition) is 0. The molecule has 0 saturated carbocycles. The van der Waals surface area contributed by atoms with Gasteiger partial charge in [0.05, 0.1) is 0 Å². The molecule has 10 aromatic carbocycles. The minimum Gasteiger partial charge on any atom is -0.135 e. The SMILES string of the molecule is c1ccc2cc3cc(-c4cc5cc6ccc7c8cc9c(cc8ccc7c6cc5s4)CC(c4ccc5cc6ccccc6cc5c4)S9)ccc3cc2c1. The van der Waals surface area contributed by atoms with Crippen LogP contribution < -0.4 is 0 Å². The van der Waals surface area contributed by atoms with Crippen molar-refractivity contribution in [1.82, 2.24) is 0 Å². The molecule has 1 unspecified atom stereocenters. The van der Waals surface area contributed by atoms with Gasteiger partial charge in [-0.15, -0.1) is 23.1 Å². The van der Waals surface area contributed by atoms with Crippen molar-refractivity contribution in [2.45, 2.75) is 16.6 Å². The summed E-state index contributed by atoms with van der Waals surface area (Å²) in [4.78, 5) is 2.74. The molecule has 12 rings (SSSR count). The molecule has 0 aliphatic carbocycles. The van der Waals surface area contributed by atoms with Crippen molar-refractivity contribution in [3.63, 3.8) is 0 Å². The number of thioether (sulfide) groups is 1. The van der Waals surface area contributed by atoms with Gasteiger partial charge in [-0.25, -0.2) is 0 Å². The van der Waals surface area contributed by atoms with E-state index in [1.54, 1.807) is 0 Å². The zero-order chi connectivity index (χ0) is 33.9. The van der Waals surface area contributed by atoms with Crippen LogP contribution in [0.5, 0.6) is 0 Å². The van der Waals surface area contributed by atoms with Crippen LogP contribution in [0.4, 0.5) is 0 Å². The van der Waals surface area contributed by atoms with Crippen molar-refractivity contribution in [2.24, 2.45) is 0 Å². The molecule has 0 bridgehead atoms. The molecule has 1 aromatic heterocycles. The first-order valence-corrected chi connectivity index (χ1v) is 19.7. The molecule has 0 fully saturated rings. The zero-order valence-corrected chi connectivity index (χ0v) is 29.8. The molecule has 242 valence electrons. The van der Waals surface area contributed by atoms with Crippen LogP contribution in [0.2, 0.25) is 0 Å². The summed E-state index contributed by atoms with van der Waals surface area (Å²) >= 11 is 3.94. The summed E-state index contributed by atoms with van der Waals surface area (Å²) in [5.41, 5.74) is 4.17. The standard InChI is InChI=1S/C50H30S2/c1-3-7-31-19-39-23-37(11-9-33(39)17-29(31)5-1)47-25-41-21-35-13-15-44-43(45(35)27-49(41)51-47)16-14-36-22-42-26-48(52-50(42)28-46(36)44)38-12-10-34-18-30-6-2-4-8-32(30)20-40(34)24-38/h1-25,27-28,48H,26H2. The Morgan fingerprint density at radius 1 is 0.385 bits per heavy atom. The topological polar surface area (TPSA) is 0 Å². The molecule has 0 amide bonds. The maximum atomic E-state index is 2.47. The summed E-state index contributed by atoms with van der Waals surface area (Å²) in [6.07, 6.45) is 1.07. The number of benzene rings is 10. The van der Waals surface area contributed by atoms with Crippen LogP contribution in [-0.4, -0.2) is 0 Å². The van der Waals surface area contributed by atoms with Gasteiger partial charge in [0, 0.05) is 19.7 Å². The van der Waals surface area contributed by atoms with Crippen LogP contribution in [0.1, 0.15) is 16.4 Å². The first kappa shape index (κ1) is 29.0. The average Bonchev–Trinajstić information content (AvgIpc) is 3.80. The summed E-state index contributed by atoms with van der Waals surface area (Å²) in [6, 6.07) is 62.1. The van der Waals surface area contributed by atoms with E-state index in [9.17, 15) is 0 Å². The Morgan fingerprint density at radius 2 is 0.942 bits per heavy atom. The minimum absolute atomic E-state index is 0.429. The fourth-order valence-corrected chi connectivity index (χ4v) is 11.1. The Balaban J connectivity index is 0.917. The highest BCUT2D eigenvalue weighted by molar-refractivity contribution is 7.99. The predicted molar refractivity (Wildman–Crippen MR) is 229 cm³/mol. The summed E-state index contributed by atoms with van der Waals surface area (Å²) in [7, 11) is 0. The maximum absolute atomic E-state index is 2.47. The van der Waals surface area contributed by atoms with Crippen LogP contribution in [-0.2, 0) is 6.42 Å². The van der Waals surface area contributed by atoms with Gasteiger partial charge in [-0.2, -0.15) is 0 Å². The minimum atomic E-state index is 0.429. The van der Waals surface area contributed by atoms with Crippen molar-refractivity contribution in [2.75, 3.05) is 0 Å². The second-order valence-electron chi connectivity index (χ2n) is 14.5. The number of hydrogen-bond acceptors (Lipinski definition) is 2. The second kappa shape index (κ2) is 10.9. The lowest BCUT2D eigenvalue weighted by molar-refractivity contribution is 0.954. The summed E-state index contributed by atoms with van der Waals surface area (Å²) < 4.78 is 1.34. The Kier molecular flexibility index (Phi) is 6.08. The first-order chi connectivity index (χ1) is 25.7. The molecule has 11 aromatic rings. The van der Waals surface area contributed by atoms with Gasteiger partial charge >= 0.3 is 0 Å². The van der Waals surface area contributed by atoms with Crippen molar-refractivity contribution in [1.29, 1.82) is 0 Å². The molecule has 1 aliphatic heterocycles. The number of rotatable bonds is 2. The Morgan fingerprint density at radius 3 is 1.65 bits per heavy atom. The molecule has 1 aliphatic rings. The van der Waals surface area contributed by atoms with Gasteiger partial charge in [0.2, 0.25) is 0 Å². The zero-order valence-electron chi connectivity index (χ0n) is 28.2. The average molecular weight is 695 g/mol. The van der Waals surface area contributed by atoms with Gasteiger partial charge in [-0.05, 0) is 171 Å². The van der Waals surface area contributed by atoms with E-state index in [1.807, 2.05) is 23.1 Å². The van der Waals surface area contributed by atoms with E-state index in [2.05, 4.69) is 164 Å². The smallest absolute Gasteiger partial charge is 0.0385 e. The van der Waals surface area contributed by atoms with Gasteiger partial charge < -0.3 is 0 Å². The predicted octanol–water partition coefficient (Wildman–Crippen LogP) is 15.0. The fraction of sp³-hybridized carbons (Fsp3) is 0.0400. The third-order valence-corrected chi connectivity index (χ3v) is 13.9. The lowest BCUT2D eigenvalue weighted by Gasteiger charge is -2.11. The molecule has 52 heavy (non-hydrogen) atoms. The van der Waals surface area contributed by atoms with Crippen molar-refractivity contribution < 1.29 is 0 Å². The Labute approximate surface area is 308 Å². The van der Waals surface area contributed by atoms with E-state index in [1.165, 1.54) is 112 Å². The van der Waals surface area contributed by atoms with Crippen LogP contribution in [0.15, 0.2) is 169 Å². The normalized spacial score (nSPS) is 14.6. The molecule has 0 radical (unpaired) electrons. The lowest BCUT2D eigenvalue weighted by atomic mass is 9.94. The molecule has 2 heteroatoms. The van der Waals surface area contributed by atoms with Crippen LogP contribution in [0.3, 0.4) is 0 Å². The van der Waals surface area contributed by atoms with Gasteiger partial charge in [0.1, 0.15) is 0 Å². The largest absolute Gasteiger partial charge is 0.135 e. The van der Waals surface area contributed by atoms with Crippen molar-refractivity contribution >= 4 is 109 Å². The summed E-state index contributed by atoms with van der Waals surface area (Å²) in [5, 5.41) is 20.1. The highest BCUT2D eigenvalue weighted by atomic mass is 32.2. The van der Waals surface area contributed by atoms with Crippen LogP contribution in [0.25, 0.3) is 95.9 Å².